The number of aliphatic hydroxyl groups is 1. The summed E-state index contributed by atoms with van der Waals surface area (Å²) in [6.45, 7) is 7.88. The predicted molar refractivity (Wildman–Crippen MR) is 80.2 cm³/mol. The summed E-state index contributed by atoms with van der Waals surface area (Å²) < 4.78 is 5.43. The number of rotatable bonds is 3. The fourth-order valence-corrected chi connectivity index (χ4v) is 2.65. The summed E-state index contributed by atoms with van der Waals surface area (Å²) >= 11 is 0. The summed E-state index contributed by atoms with van der Waals surface area (Å²) in [7, 11) is 1.63. The number of aryl methyl sites for hydroxylation is 4. The van der Waals surface area contributed by atoms with Gasteiger partial charge < -0.3 is 9.84 Å². The molecule has 0 fully saturated rings. The van der Waals surface area contributed by atoms with E-state index in [0.717, 1.165) is 39.4 Å². The fraction of sp³-hybridized carbons (Fsp3) is 0.353. The minimum atomic E-state index is -0.703. The molecule has 0 spiro atoms. The number of aromatic nitrogens is 1. The van der Waals surface area contributed by atoms with Gasteiger partial charge >= 0.3 is 0 Å². The minimum absolute atomic E-state index is 0.703. The summed E-state index contributed by atoms with van der Waals surface area (Å²) in [4.78, 5) is 4.35. The zero-order valence-corrected chi connectivity index (χ0v) is 12.7. The number of nitrogens with zero attached hydrogens (tertiary/aromatic N) is 1. The number of aliphatic hydroxyl groups excluding tert-OH is 1. The molecule has 20 heavy (non-hydrogen) atoms. The highest BCUT2D eigenvalue weighted by molar-refractivity contribution is 5.47. The smallest absolute Gasteiger partial charge is 0.125 e. The van der Waals surface area contributed by atoms with Gasteiger partial charge in [-0.15, -0.1) is 0 Å². The predicted octanol–water partition coefficient (Wildman–Crippen LogP) is 3.41. The Morgan fingerprint density at radius 3 is 2.15 bits per heavy atom. The zero-order valence-electron chi connectivity index (χ0n) is 12.7. The SMILES string of the molecule is COc1cc(C)cc(C)c1C(O)c1cc(C)nc(C)c1. The molecule has 1 unspecified atom stereocenters. The highest BCUT2D eigenvalue weighted by Gasteiger charge is 2.19. The Morgan fingerprint density at radius 1 is 1.00 bits per heavy atom. The van der Waals surface area contributed by atoms with Crippen LogP contribution in [0.2, 0.25) is 0 Å². The molecule has 1 atom stereocenters. The Bertz CT molecular complexity index is 615. The van der Waals surface area contributed by atoms with E-state index < -0.39 is 6.10 Å². The van der Waals surface area contributed by atoms with Gasteiger partial charge in [-0.05, 0) is 62.6 Å². The molecule has 1 heterocycles. The Morgan fingerprint density at radius 2 is 1.60 bits per heavy atom. The third-order valence-electron chi connectivity index (χ3n) is 3.41. The molecule has 1 aromatic heterocycles. The van der Waals surface area contributed by atoms with Crippen molar-refractivity contribution in [2.24, 2.45) is 0 Å². The largest absolute Gasteiger partial charge is 0.496 e. The number of hydrogen-bond donors (Lipinski definition) is 1. The molecular weight excluding hydrogens is 250 g/mol. The molecular formula is C17H21NO2. The zero-order chi connectivity index (χ0) is 14.9. The van der Waals surface area contributed by atoms with Crippen LogP contribution in [0.25, 0.3) is 0 Å². The molecule has 1 N–H and O–H groups in total. The Hall–Kier alpha value is -1.87. The van der Waals surface area contributed by atoms with E-state index in [9.17, 15) is 5.11 Å². The van der Waals surface area contributed by atoms with Gasteiger partial charge in [0, 0.05) is 17.0 Å². The second-order valence-electron chi connectivity index (χ2n) is 5.28. The van der Waals surface area contributed by atoms with E-state index in [0.29, 0.717) is 0 Å². The summed E-state index contributed by atoms with van der Waals surface area (Å²) in [6.07, 6.45) is -0.703. The van der Waals surface area contributed by atoms with E-state index in [1.165, 1.54) is 0 Å². The molecule has 0 radical (unpaired) electrons. The van der Waals surface area contributed by atoms with Crippen molar-refractivity contribution in [3.05, 3.63) is 57.9 Å². The highest BCUT2D eigenvalue weighted by Crippen LogP contribution is 2.34. The van der Waals surface area contributed by atoms with Gasteiger partial charge in [0.2, 0.25) is 0 Å². The average molecular weight is 271 g/mol. The average Bonchev–Trinajstić information content (AvgIpc) is 2.35. The van der Waals surface area contributed by atoms with Crippen LogP contribution in [0.1, 0.15) is 39.7 Å². The van der Waals surface area contributed by atoms with Crippen LogP contribution in [0.4, 0.5) is 0 Å². The van der Waals surface area contributed by atoms with Crippen LogP contribution in [-0.2, 0) is 0 Å². The van der Waals surface area contributed by atoms with Gasteiger partial charge in [0.25, 0.3) is 0 Å². The van der Waals surface area contributed by atoms with E-state index in [1.807, 2.05) is 45.9 Å². The second kappa shape index (κ2) is 5.63. The van der Waals surface area contributed by atoms with Crippen LogP contribution in [0.5, 0.6) is 5.75 Å². The number of hydrogen-bond acceptors (Lipinski definition) is 3. The molecule has 3 nitrogen and oxygen atoms in total. The van der Waals surface area contributed by atoms with Gasteiger partial charge in [0.1, 0.15) is 11.9 Å². The first-order chi connectivity index (χ1) is 9.42. The molecule has 106 valence electrons. The lowest BCUT2D eigenvalue weighted by atomic mass is 9.94. The van der Waals surface area contributed by atoms with Crippen molar-refractivity contribution >= 4 is 0 Å². The van der Waals surface area contributed by atoms with Crippen LogP contribution < -0.4 is 4.74 Å². The van der Waals surface area contributed by atoms with E-state index in [-0.39, 0.29) is 0 Å². The Labute approximate surface area is 120 Å². The molecule has 0 saturated heterocycles. The maximum absolute atomic E-state index is 10.7. The lowest BCUT2D eigenvalue weighted by molar-refractivity contribution is 0.213. The van der Waals surface area contributed by atoms with Crippen LogP contribution in [-0.4, -0.2) is 17.2 Å². The van der Waals surface area contributed by atoms with Crippen molar-refractivity contribution in [2.45, 2.75) is 33.8 Å². The van der Waals surface area contributed by atoms with Gasteiger partial charge in [-0.2, -0.15) is 0 Å². The van der Waals surface area contributed by atoms with Crippen LogP contribution in [0.15, 0.2) is 24.3 Å². The Kier molecular flexibility index (Phi) is 4.09. The Balaban J connectivity index is 2.55. The maximum Gasteiger partial charge on any atom is 0.125 e. The number of methoxy groups -OCH3 is 1. The quantitative estimate of drug-likeness (QED) is 0.930. The molecule has 2 aromatic rings. The molecule has 0 aliphatic carbocycles. The molecule has 0 amide bonds. The van der Waals surface area contributed by atoms with Crippen molar-refractivity contribution in [1.82, 2.24) is 4.98 Å². The lowest BCUT2D eigenvalue weighted by Crippen LogP contribution is -2.06. The monoisotopic (exact) mass is 271 g/mol. The number of benzene rings is 1. The number of pyridine rings is 1. The normalized spacial score (nSPS) is 12.3. The topological polar surface area (TPSA) is 42.4 Å². The third-order valence-corrected chi connectivity index (χ3v) is 3.41. The minimum Gasteiger partial charge on any atom is -0.496 e. The van der Waals surface area contributed by atoms with Crippen LogP contribution in [0, 0.1) is 27.7 Å². The van der Waals surface area contributed by atoms with Crippen molar-refractivity contribution < 1.29 is 9.84 Å². The number of ether oxygens (including phenoxy) is 1. The van der Waals surface area contributed by atoms with Gasteiger partial charge in [-0.25, -0.2) is 0 Å². The third kappa shape index (κ3) is 2.83. The van der Waals surface area contributed by atoms with Crippen molar-refractivity contribution in [2.75, 3.05) is 7.11 Å². The second-order valence-corrected chi connectivity index (χ2v) is 5.28. The fourth-order valence-electron chi connectivity index (χ4n) is 2.65. The van der Waals surface area contributed by atoms with E-state index in [4.69, 9.17) is 4.74 Å². The van der Waals surface area contributed by atoms with Gasteiger partial charge in [0.05, 0.1) is 7.11 Å². The van der Waals surface area contributed by atoms with E-state index in [2.05, 4.69) is 11.1 Å². The first kappa shape index (κ1) is 14.5. The van der Waals surface area contributed by atoms with Gasteiger partial charge in [-0.3, -0.25) is 4.98 Å². The highest BCUT2D eigenvalue weighted by atomic mass is 16.5. The molecule has 2 rings (SSSR count). The van der Waals surface area contributed by atoms with Crippen molar-refractivity contribution in [3.8, 4) is 5.75 Å². The van der Waals surface area contributed by atoms with Crippen LogP contribution in [0.3, 0.4) is 0 Å². The molecule has 0 saturated carbocycles. The summed E-state index contributed by atoms with van der Waals surface area (Å²) in [5.41, 5.74) is 5.63. The molecule has 0 aliphatic heterocycles. The lowest BCUT2D eigenvalue weighted by Gasteiger charge is -2.19. The van der Waals surface area contributed by atoms with Crippen molar-refractivity contribution in [3.63, 3.8) is 0 Å². The standard InChI is InChI=1S/C17H21NO2/c1-10-6-11(2)16(15(7-10)20-5)17(19)14-8-12(3)18-13(4)9-14/h6-9,17,19H,1-5H3. The molecule has 3 heteroatoms. The molecule has 0 aliphatic rings. The van der Waals surface area contributed by atoms with Gasteiger partial charge in [-0.1, -0.05) is 6.07 Å². The first-order valence-corrected chi connectivity index (χ1v) is 6.70. The maximum atomic E-state index is 10.7. The summed E-state index contributed by atoms with van der Waals surface area (Å²) in [5.74, 6) is 0.724. The van der Waals surface area contributed by atoms with E-state index >= 15 is 0 Å². The molecule has 1 aromatic carbocycles. The molecule has 0 bridgehead atoms. The summed E-state index contributed by atoms with van der Waals surface area (Å²) in [6, 6.07) is 7.83. The van der Waals surface area contributed by atoms with Gasteiger partial charge in [0.15, 0.2) is 0 Å². The first-order valence-electron chi connectivity index (χ1n) is 6.70. The summed E-state index contributed by atoms with van der Waals surface area (Å²) in [5, 5.41) is 10.7. The van der Waals surface area contributed by atoms with Crippen molar-refractivity contribution in [1.29, 1.82) is 0 Å². The van der Waals surface area contributed by atoms with Crippen LogP contribution >= 0.6 is 0 Å². The van der Waals surface area contributed by atoms with E-state index in [1.54, 1.807) is 7.11 Å².